The Morgan fingerprint density at radius 2 is 1.82 bits per heavy atom. The van der Waals surface area contributed by atoms with E-state index in [0.717, 1.165) is 25.7 Å². The number of carbonyl (C=O) groups excluding carboxylic acids is 4. The fourth-order valence-electron chi connectivity index (χ4n) is 6.78. The number of nitrogens with zero attached hydrogens (tertiary/aromatic N) is 4. The van der Waals surface area contributed by atoms with E-state index >= 15 is 4.39 Å². The molecule has 1 aliphatic carbocycles. The van der Waals surface area contributed by atoms with Crippen LogP contribution in [0.25, 0.3) is 0 Å². The number of rotatable bonds is 11. The molecule has 4 rings (SSSR count). The molecule has 0 bridgehead atoms. The molecule has 2 aliphatic rings. The summed E-state index contributed by atoms with van der Waals surface area (Å²) in [6, 6.07) is 4.03. The van der Waals surface area contributed by atoms with Gasteiger partial charge in [0, 0.05) is 31.6 Å². The van der Waals surface area contributed by atoms with Crippen molar-refractivity contribution in [2.45, 2.75) is 123 Å². The monoisotopic (exact) mass is 684 g/mol. The number of aromatic nitrogens is 2. The molecule has 1 aliphatic heterocycles. The van der Waals surface area contributed by atoms with Crippen LogP contribution in [0.1, 0.15) is 98.5 Å². The van der Waals surface area contributed by atoms with Crippen LogP contribution in [0.4, 0.5) is 20.7 Å². The Kier molecular flexibility index (Phi) is 12.1. The molecule has 12 nitrogen and oxygen atoms in total. The van der Waals surface area contributed by atoms with Gasteiger partial charge in [0.05, 0.1) is 17.5 Å². The van der Waals surface area contributed by atoms with Crippen molar-refractivity contribution in [2.75, 3.05) is 23.3 Å². The Hall–Kier alpha value is -4.00. The topological polar surface area (TPSA) is 146 Å². The first-order valence-corrected chi connectivity index (χ1v) is 17.4. The van der Waals surface area contributed by atoms with E-state index in [1.54, 1.807) is 62.5 Å². The number of amides is 4. The fourth-order valence-corrected chi connectivity index (χ4v) is 6.78. The van der Waals surface area contributed by atoms with Gasteiger partial charge in [0.2, 0.25) is 18.2 Å². The maximum Gasteiger partial charge on any atom is 0.408 e. The van der Waals surface area contributed by atoms with Gasteiger partial charge in [0.1, 0.15) is 29.3 Å². The number of aryl methyl sites for hydroxylation is 1. The zero-order valence-electron chi connectivity index (χ0n) is 29.9. The Balaban J connectivity index is 1.58. The number of carbonyl (C=O) groups is 4. The van der Waals surface area contributed by atoms with Crippen molar-refractivity contribution < 1.29 is 33.4 Å². The number of benzene rings is 1. The van der Waals surface area contributed by atoms with Crippen molar-refractivity contribution in [1.82, 2.24) is 20.0 Å². The van der Waals surface area contributed by atoms with Gasteiger partial charge in [-0.15, -0.1) is 0 Å². The van der Waals surface area contributed by atoms with Crippen LogP contribution in [-0.4, -0.2) is 80.5 Å². The normalized spacial score (nSPS) is 21.2. The van der Waals surface area contributed by atoms with Gasteiger partial charge in [-0.05, 0) is 89.8 Å². The van der Waals surface area contributed by atoms with Crippen LogP contribution >= 0.6 is 0 Å². The number of likely N-dealkylation sites (tertiary alicyclic amines) is 1. The van der Waals surface area contributed by atoms with Gasteiger partial charge in [0.15, 0.2) is 0 Å². The van der Waals surface area contributed by atoms with Crippen LogP contribution in [0.3, 0.4) is 0 Å². The molecule has 270 valence electrons. The summed E-state index contributed by atoms with van der Waals surface area (Å²) in [5, 5.41) is 20.1. The summed E-state index contributed by atoms with van der Waals surface area (Å²) < 4.78 is 22.9. The highest BCUT2D eigenvalue weighted by atomic mass is 19.1. The first kappa shape index (κ1) is 37.8. The molecule has 1 saturated carbocycles. The zero-order chi connectivity index (χ0) is 36.1. The molecular weight excluding hydrogens is 631 g/mol. The minimum absolute atomic E-state index is 0.0637. The molecule has 0 spiro atoms. The first-order valence-electron chi connectivity index (χ1n) is 17.4. The SMILES string of the molecule is CCn1nccc1N(C=O)[C@H](C(=O)Nc1ccc([C@H](C)[C@@H](NC(=O)OC(C)(C)C)C(=O)N2CCC(C)(O)CC2)cc1F)C1CCC(C)CC1. The molecule has 2 fully saturated rings. The molecule has 13 heteroatoms. The molecule has 0 unspecified atom stereocenters. The lowest BCUT2D eigenvalue weighted by Gasteiger charge is -2.38. The van der Waals surface area contributed by atoms with E-state index in [2.05, 4.69) is 22.7 Å². The van der Waals surface area contributed by atoms with Crippen LogP contribution in [-0.2, 0) is 25.7 Å². The van der Waals surface area contributed by atoms with Gasteiger partial charge in [-0.2, -0.15) is 5.10 Å². The highest BCUT2D eigenvalue weighted by Crippen LogP contribution is 2.35. The van der Waals surface area contributed by atoms with Crippen LogP contribution in [0.2, 0.25) is 0 Å². The third kappa shape index (κ3) is 9.58. The summed E-state index contributed by atoms with van der Waals surface area (Å²) in [5.74, 6) is -1.39. The van der Waals surface area contributed by atoms with Crippen molar-refractivity contribution in [3.05, 3.63) is 41.8 Å². The van der Waals surface area contributed by atoms with E-state index in [1.165, 1.54) is 17.0 Å². The second kappa shape index (κ2) is 15.7. The molecule has 1 saturated heterocycles. The number of anilines is 2. The Bertz CT molecular complexity index is 1470. The van der Waals surface area contributed by atoms with E-state index < -0.39 is 47.0 Å². The van der Waals surface area contributed by atoms with Crippen LogP contribution < -0.4 is 15.5 Å². The predicted octanol–water partition coefficient (Wildman–Crippen LogP) is 5.21. The molecule has 3 atom stereocenters. The standard InChI is InChI=1S/C36H53FN6O6/c1-8-43-29(15-18-38-43)42(22-44)31(25-11-9-23(2)10-12-25)32(45)39-28-14-13-26(21-27(28)37)24(3)30(40-34(47)49-35(4,5)6)33(46)41-19-16-36(7,48)17-20-41/h13-15,18,21-25,30-31,48H,8-12,16-17,19-20H2,1-7H3,(H,39,45)(H,40,47)/t23?,24-,25?,30+,31-/m0/s1. The summed E-state index contributed by atoms with van der Waals surface area (Å²) >= 11 is 0. The van der Waals surface area contributed by atoms with Crippen molar-refractivity contribution in [1.29, 1.82) is 0 Å². The predicted molar refractivity (Wildman–Crippen MR) is 184 cm³/mol. The Morgan fingerprint density at radius 1 is 1.16 bits per heavy atom. The third-order valence-electron chi connectivity index (χ3n) is 9.81. The molecule has 0 radical (unpaired) electrons. The second-order valence-electron chi connectivity index (χ2n) is 14.9. The van der Waals surface area contributed by atoms with E-state index in [4.69, 9.17) is 4.74 Å². The lowest BCUT2D eigenvalue weighted by atomic mass is 9.78. The summed E-state index contributed by atoms with van der Waals surface area (Å²) in [5.41, 5.74) is -1.33. The number of aliphatic hydroxyl groups is 1. The minimum atomic E-state index is -1.08. The molecule has 1 aromatic carbocycles. The molecule has 3 N–H and O–H groups in total. The number of hydrogen-bond donors (Lipinski definition) is 3. The van der Waals surface area contributed by atoms with Crippen molar-refractivity contribution in [3.63, 3.8) is 0 Å². The second-order valence-corrected chi connectivity index (χ2v) is 14.9. The molecule has 1 aromatic heterocycles. The number of hydrogen-bond acceptors (Lipinski definition) is 7. The number of piperidine rings is 1. The van der Waals surface area contributed by atoms with Gasteiger partial charge in [-0.25, -0.2) is 13.9 Å². The number of nitrogens with one attached hydrogen (secondary N) is 2. The molecule has 49 heavy (non-hydrogen) atoms. The lowest BCUT2D eigenvalue weighted by Crippen LogP contribution is -2.55. The van der Waals surface area contributed by atoms with Crippen LogP contribution in [0, 0.1) is 17.7 Å². The number of ether oxygens (including phenoxy) is 1. The highest BCUT2D eigenvalue weighted by Gasteiger charge is 2.39. The average Bonchev–Trinajstić information content (AvgIpc) is 3.51. The maximum atomic E-state index is 15.8. The molecule has 4 amide bonds. The van der Waals surface area contributed by atoms with Crippen molar-refractivity contribution in [2.24, 2.45) is 11.8 Å². The van der Waals surface area contributed by atoms with Gasteiger partial charge >= 0.3 is 6.09 Å². The maximum absolute atomic E-state index is 15.8. The fraction of sp³-hybridized carbons (Fsp3) is 0.639. The van der Waals surface area contributed by atoms with E-state index in [9.17, 15) is 24.3 Å². The Labute approximate surface area is 288 Å². The summed E-state index contributed by atoms with van der Waals surface area (Å²) in [4.78, 5) is 56.1. The smallest absolute Gasteiger partial charge is 0.408 e. The minimum Gasteiger partial charge on any atom is -0.444 e. The summed E-state index contributed by atoms with van der Waals surface area (Å²) in [6.07, 6.45) is 5.55. The average molecular weight is 685 g/mol. The summed E-state index contributed by atoms with van der Waals surface area (Å²) in [6.45, 7) is 13.8. The Morgan fingerprint density at radius 3 is 2.39 bits per heavy atom. The molecule has 2 aromatic rings. The van der Waals surface area contributed by atoms with Crippen molar-refractivity contribution in [3.8, 4) is 0 Å². The van der Waals surface area contributed by atoms with Gasteiger partial charge in [0.25, 0.3) is 0 Å². The van der Waals surface area contributed by atoms with Crippen molar-refractivity contribution >= 4 is 35.8 Å². The summed E-state index contributed by atoms with van der Waals surface area (Å²) in [7, 11) is 0. The van der Waals surface area contributed by atoms with Crippen LogP contribution in [0.15, 0.2) is 30.5 Å². The highest BCUT2D eigenvalue weighted by molar-refractivity contribution is 6.00. The molecular formula is C36H53FN6O6. The molecule has 2 heterocycles. The zero-order valence-corrected chi connectivity index (χ0v) is 29.9. The number of halogens is 1. The first-order chi connectivity index (χ1) is 23.0. The van der Waals surface area contributed by atoms with Gasteiger partial charge in [-0.3, -0.25) is 19.3 Å². The van der Waals surface area contributed by atoms with E-state index in [-0.39, 0.29) is 17.5 Å². The van der Waals surface area contributed by atoms with E-state index in [1.807, 2.05) is 6.92 Å². The largest absolute Gasteiger partial charge is 0.444 e. The third-order valence-corrected chi connectivity index (χ3v) is 9.81. The van der Waals surface area contributed by atoms with Gasteiger partial charge < -0.3 is 25.4 Å². The quantitative estimate of drug-likeness (QED) is 0.276. The van der Waals surface area contributed by atoms with Gasteiger partial charge in [-0.1, -0.05) is 32.8 Å². The lowest BCUT2D eigenvalue weighted by molar-refractivity contribution is -0.137. The number of alkyl carbamates (subject to hydrolysis) is 1. The van der Waals surface area contributed by atoms with Crippen LogP contribution in [0.5, 0.6) is 0 Å². The van der Waals surface area contributed by atoms with E-state index in [0.29, 0.717) is 56.2 Å².